The van der Waals surface area contributed by atoms with Crippen LogP contribution < -0.4 is 10.6 Å². The normalized spacial score (nSPS) is 20.0. The maximum Gasteiger partial charge on any atom is 0.407 e. The van der Waals surface area contributed by atoms with Crippen molar-refractivity contribution in [3.63, 3.8) is 0 Å². The van der Waals surface area contributed by atoms with Gasteiger partial charge in [0.1, 0.15) is 6.61 Å². The van der Waals surface area contributed by atoms with Crippen molar-refractivity contribution in [3.05, 3.63) is 59.7 Å². The van der Waals surface area contributed by atoms with E-state index in [-0.39, 0.29) is 42.7 Å². The van der Waals surface area contributed by atoms with Crippen LogP contribution in [0.1, 0.15) is 56.1 Å². The summed E-state index contributed by atoms with van der Waals surface area (Å²) in [5.74, 6) is -1.35. The summed E-state index contributed by atoms with van der Waals surface area (Å²) in [7, 11) is 0. The number of nitrogens with one attached hydrogen (secondary N) is 2. The molecule has 2 aliphatic rings. The zero-order valence-electron chi connectivity index (χ0n) is 19.5. The van der Waals surface area contributed by atoms with Gasteiger partial charge in [-0.2, -0.15) is 0 Å². The van der Waals surface area contributed by atoms with Gasteiger partial charge in [0.15, 0.2) is 0 Å². The van der Waals surface area contributed by atoms with Crippen molar-refractivity contribution in [2.24, 2.45) is 11.8 Å². The predicted octanol–water partition coefficient (Wildman–Crippen LogP) is 4.31. The fourth-order valence-corrected chi connectivity index (χ4v) is 5.13. The number of carboxylic acid groups (broad SMARTS) is 1. The number of fused-ring (bicyclic) bond motifs is 3. The van der Waals surface area contributed by atoms with Crippen LogP contribution in [0.2, 0.25) is 0 Å². The Kier molecular flexibility index (Phi) is 7.50. The Balaban J connectivity index is 1.21. The molecule has 2 aromatic rings. The lowest BCUT2D eigenvalue weighted by atomic mass is 9.85. The summed E-state index contributed by atoms with van der Waals surface area (Å²) in [5, 5.41) is 14.9. The van der Waals surface area contributed by atoms with Gasteiger partial charge in [0.25, 0.3) is 0 Å². The van der Waals surface area contributed by atoms with Crippen LogP contribution in [0.15, 0.2) is 48.5 Å². The molecular formula is C27H32N2O5. The average Bonchev–Trinajstić information content (AvgIpc) is 3.15. The Hall–Kier alpha value is -3.35. The van der Waals surface area contributed by atoms with Gasteiger partial charge in [-0.05, 0) is 47.4 Å². The van der Waals surface area contributed by atoms with E-state index in [9.17, 15) is 19.5 Å². The molecule has 0 aliphatic heterocycles. The van der Waals surface area contributed by atoms with Crippen molar-refractivity contribution in [2.75, 3.05) is 13.2 Å². The van der Waals surface area contributed by atoms with Crippen LogP contribution in [0.3, 0.4) is 0 Å². The number of hydrogen-bond donors (Lipinski definition) is 3. The molecule has 7 nitrogen and oxygen atoms in total. The van der Waals surface area contributed by atoms with Gasteiger partial charge >= 0.3 is 12.1 Å². The second-order valence-electron chi connectivity index (χ2n) is 9.48. The number of aliphatic carboxylic acids is 1. The van der Waals surface area contributed by atoms with E-state index in [4.69, 9.17) is 4.74 Å². The maximum atomic E-state index is 12.4. The van der Waals surface area contributed by atoms with E-state index < -0.39 is 12.1 Å². The molecule has 34 heavy (non-hydrogen) atoms. The fraction of sp³-hybridized carbons (Fsp3) is 0.444. The minimum absolute atomic E-state index is 0.00599. The lowest BCUT2D eigenvalue weighted by Gasteiger charge is -2.27. The van der Waals surface area contributed by atoms with E-state index >= 15 is 0 Å². The topological polar surface area (TPSA) is 105 Å². The molecule has 0 radical (unpaired) electrons. The van der Waals surface area contributed by atoms with Gasteiger partial charge in [-0.15, -0.1) is 0 Å². The molecule has 2 aromatic carbocycles. The minimum Gasteiger partial charge on any atom is -0.481 e. The van der Waals surface area contributed by atoms with Crippen molar-refractivity contribution < 1.29 is 24.2 Å². The molecule has 180 valence electrons. The molecule has 1 fully saturated rings. The summed E-state index contributed by atoms with van der Waals surface area (Å²) < 4.78 is 5.54. The Bertz CT molecular complexity index is 1010. The van der Waals surface area contributed by atoms with Crippen LogP contribution >= 0.6 is 0 Å². The first kappa shape index (κ1) is 23.8. The molecule has 2 aliphatic carbocycles. The quantitative estimate of drug-likeness (QED) is 0.540. The van der Waals surface area contributed by atoms with E-state index in [1.54, 1.807) is 0 Å². The standard InChI is InChI=1S/C27H32N2O5/c1-17(13-25(30)29-19-8-6-7-18(14-19)26(31)32)15-28-27(33)34-16-24-22-11-4-2-9-20(22)21-10-3-5-12-23(21)24/h2-5,9-12,17-19,24H,6-8,13-16H2,1H3,(H,28,33)(H,29,30)(H,31,32). The van der Waals surface area contributed by atoms with Crippen molar-refractivity contribution in [2.45, 2.75) is 51.0 Å². The largest absolute Gasteiger partial charge is 0.481 e. The van der Waals surface area contributed by atoms with E-state index in [2.05, 4.69) is 34.9 Å². The Morgan fingerprint density at radius 2 is 1.68 bits per heavy atom. The Morgan fingerprint density at radius 1 is 1.03 bits per heavy atom. The molecule has 0 heterocycles. The van der Waals surface area contributed by atoms with Crippen LogP contribution in [0, 0.1) is 11.8 Å². The summed E-state index contributed by atoms with van der Waals surface area (Å²) in [6.45, 7) is 2.47. The van der Waals surface area contributed by atoms with Crippen molar-refractivity contribution in [1.29, 1.82) is 0 Å². The number of ether oxygens (including phenoxy) is 1. The van der Waals surface area contributed by atoms with Crippen LogP contribution in [0.25, 0.3) is 11.1 Å². The molecule has 4 rings (SSSR count). The molecular weight excluding hydrogens is 432 g/mol. The summed E-state index contributed by atoms with van der Waals surface area (Å²) in [5.41, 5.74) is 4.68. The SMILES string of the molecule is CC(CNC(=O)OCC1c2ccccc2-c2ccccc21)CC(=O)NC1CCCC(C(=O)O)C1. The molecule has 7 heteroatoms. The third-order valence-electron chi connectivity index (χ3n) is 6.86. The minimum atomic E-state index is -0.792. The second kappa shape index (κ2) is 10.7. The molecule has 3 atom stereocenters. The first-order valence-electron chi connectivity index (χ1n) is 12.0. The molecule has 1 saturated carbocycles. The lowest BCUT2D eigenvalue weighted by Crippen LogP contribution is -2.41. The van der Waals surface area contributed by atoms with Gasteiger partial charge < -0.3 is 20.5 Å². The van der Waals surface area contributed by atoms with E-state index in [1.807, 2.05) is 31.2 Å². The number of rotatable bonds is 8. The van der Waals surface area contributed by atoms with Crippen molar-refractivity contribution in [1.82, 2.24) is 10.6 Å². The molecule has 2 amide bonds. The number of alkyl carbamates (subject to hydrolysis) is 1. The van der Waals surface area contributed by atoms with E-state index in [0.29, 0.717) is 19.4 Å². The Labute approximate surface area is 199 Å². The summed E-state index contributed by atoms with van der Waals surface area (Å²) in [6.07, 6.45) is 2.53. The van der Waals surface area contributed by atoms with Crippen molar-refractivity contribution >= 4 is 18.0 Å². The van der Waals surface area contributed by atoms with E-state index in [1.165, 1.54) is 11.1 Å². The number of benzene rings is 2. The van der Waals surface area contributed by atoms with E-state index in [0.717, 1.165) is 24.0 Å². The van der Waals surface area contributed by atoms with Gasteiger partial charge in [-0.1, -0.05) is 61.9 Å². The summed E-state index contributed by atoms with van der Waals surface area (Å²) >= 11 is 0. The van der Waals surface area contributed by atoms with Crippen LogP contribution in [-0.4, -0.2) is 42.3 Å². The van der Waals surface area contributed by atoms with Gasteiger partial charge in [0, 0.05) is 24.9 Å². The maximum absolute atomic E-state index is 12.4. The molecule has 0 bridgehead atoms. The number of carbonyl (C=O) groups excluding carboxylic acids is 2. The highest BCUT2D eigenvalue weighted by molar-refractivity contribution is 5.79. The zero-order chi connectivity index (χ0) is 24.1. The van der Waals surface area contributed by atoms with Crippen LogP contribution in [0.5, 0.6) is 0 Å². The number of carboxylic acids is 1. The van der Waals surface area contributed by atoms with Crippen LogP contribution in [0.4, 0.5) is 4.79 Å². The third-order valence-corrected chi connectivity index (χ3v) is 6.86. The number of hydrogen-bond acceptors (Lipinski definition) is 4. The first-order valence-corrected chi connectivity index (χ1v) is 12.0. The smallest absolute Gasteiger partial charge is 0.407 e. The highest BCUT2D eigenvalue weighted by Crippen LogP contribution is 2.44. The van der Waals surface area contributed by atoms with Gasteiger partial charge in [0.2, 0.25) is 5.91 Å². The van der Waals surface area contributed by atoms with Gasteiger partial charge in [-0.25, -0.2) is 4.79 Å². The third kappa shape index (κ3) is 5.58. The average molecular weight is 465 g/mol. The highest BCUT2D eigenvalue weighted by Gasteiger charge is 2.30. The predicted molar refractivity (Wildman–Crippen MR) is 128 cm³/mol. The van der Waals surface area contributed by atoms with Gasteiger partial charge in [0.05, 0.1) is 5.92 Å². The summed E-state index contributed by atoms with van der Waals surface area (Å²) in [6, 6.07) is 16.3. The summed E-state index contributed by atoms with van der Waals surface area (Å²) in [4.78, 5) is 35.9. The second-order valence-corrected chi connectivity index (χ2v) is 9.48. The molecule has 0 aromatic heterocycles. The number of amides is 2. The molecule has 3 unspecified atom stereocenters. The number of carbonyl (C=O) groups is 3. The highest BCUT2D eigenvalue weighted by atomic mass is 16.5. The molecule has 0 spiro atoms. The van der Waals surface area contributed by atoms with Gasteiger partial charge in [-0.3, -0.25) is 9.59 Å². The first-order chi connectivity index (χ1) is 16.4. The van der Waals surface area contributed by atoms with Crippen molar-refractivity contribution in [3.8, 4) is 11.1 Å². The van der Waals surface area contributed by atoms with Crippen LogP contribution in [-0.2, 0) is 14.3 Å². The Morgan fingerprint density at radius 3 is 2.32 bits per heavy atom. The molecule has 0 saturated heterocycles. The monoisotopic (exact) mass is 464 g/mol. The fourth-order valence-electron chi connectivity index (χ4n) is 5.13. The molecule has 3 N–H and O–H groups in total. The lowest BCUT2D eigenvalue weighted by molar-refractivity contribution is -0.143. The zero-order valence-corrected chi connectivity index (χ0v) is 19.5.